The molecular weight excluding hydrogens is 253 g/mol. The summed E-state index contributed by atoms with van der Waals surface area (Å²) < 4.78 is 38.9. The number of nitrogens with zero attached hydrogens (tertiary/aromatic N) is 1. The van der Waals surface area contributed by atoms with Gasteiger partial charge in [-0.2, -0.15) is 13.2 Å². The minimum atomic E-state index is -4.05. The van der Waals surface area contributed by atoms with Crippen LogP contribution in [-0.2, 0) is 0 Å². The van der Waals surface area contributed by atoms with Gasteiger partial charge in [0.2, 0.25) is 0 Å². The Morgan fingerprint density at radius 3 is 2.37 bits per heavy atom. The number of halogens is 3. The average Bonchev–Trinajstić information content (AvgIpc) is 2.89. The van der Waals surface area contributed by atoms with Crippen LogP contribution in [0.2, 0.25) is 0 Å². The third-order valence-electron chi connectivity index (χ3n) is 4.63. The van der Waals surface area contributed by atoms with Crippen LogP contribution >= 0.6 is 0 Å². The lowest BCUT2D eigenvalue weighted by atomic mass is 9.84. The molecule has 5 heteroatoms. The molecule has 1 saturated heterocycles. The zero-order chi connectivity index (χ0) is 13.9. The second kappa shape index (κ2) is 6.44. The van der Waals surface area contributed by atoms with E-state index in [1.54, 1.807) is 0 Å². The van der Waals surface area contributed by atoms with Crippen LogP contribution in [0.15, 0.2) is 0 Å². The van der Waals surface area contributed by atoms with Crippen molar-refractivity contribution in [3.05, 3.63) is 0 Å². The standard InChI is InChI=1S/C14H25F3N2/c1-11(19-8-4-5-9-19)10-18-13-7-3-2-6-12(13)14(15,16)17/h11-13,18H,2-10H2,1H3. The molecule has 2 rings (SSSR count). The third kappa shape index (κ3) is 4.09. The molecule has 1 heterocycles. The normalized spacial score (nSPS) is 31.6. The molecule has 0 spiro atoms. The first-order valence-corrected chi connectivity index (χ1v) is 7.52. The number of rotatable bonds is 4. The molecule has 3 atom stereocenters. The first-order chi connectivity index (χ1) is 8.98. The number of alkyl halides is 3. The fourth-order valence-corrected chi connectivity index (χ4v) is 3.40. The molecule has 0 radical (unpaired) electrons. The van der Waals surface area contributed by atoms with E-state index in [0.717, 1.165) is 19.5 Å². The molecule has 0 aromatic rings. The molecule has 0 aromatic carbocycles. The highest BCUT2D eigenvalue weighted by Gasteiger charge is 2.45. The maximum Gasteiger partial charge on any atom is 0.393 e. The Labute approximate surface area is 113 Å². The van der Waals surface area contributed by atoms with Crippen molar-refractivity contribution < 1.29 is 13.2 Å². The largest absolute Gasteiger partial charge is 0.393 e. The molecule has 2 nitrogen and oxygen atoms in total. The summed E-state index contributed by atoms with van der Waals surface area (Å²) in [6.07, 6.45) is 0.982. The van der Waals surface area contributed by atoms with Crippen LogP contribution in [0.3, 0.4) is 0 Å². The lowest BCUT2D eigenvalue weighted by Gasteiger charge is -2.35. The van der Waals surface area contributed by atoms with Gasteiger partial charge in [0.15, 0.2) is 0 Å². The quantitative estimate of drug-likeness (QED) is 0.849. The Morgan fingerprint density at radius 2 is 1.74 bits per heavy atom. The summed E-state index contributed by atoms with van der Waals surface area (Å²) in [7, 11) is 0. The summed E-state index contributed by atoms with van der Waals surface area (Å²) in [6.45, 7) is 4.98. The number of hydrogen-bond acceptors (Lipinski definition) is 2. The maximum atomic E-state index is 13.0. The SMILES string of the molecule is CC(CNC1CCCCC1C(F)(F)F)N1CCCC1. The summed E-state index contributed by atoms with van der Waals surface area (Å²) in [4.78, 5) is 2.37. The van der Waals surface area contributed by atoms with Gasteiger partial charge in [0.1, 0.15) is 0 Å². The van der Waals surface area contributed by atoms with Crippen molar-refractivity contribution in [3.8, 4) is 0 Å². The molecule has 2 fully saturated rings. The van der Waals surface area contributed by atoms with Gasteiger partial charge in [0.25, 0.3) is 0 Å². The van der Waals surface area contributed by atoms with Crippen LogP contribution in [-0.4, -0.2) is 42.8 Å². The molecule has 0 bridgehead atoms. The van der Waals surface area contributed by atoms with E-state index in [1.165, 1.54) is 12.8 Å². The van der Waals surface area contributed by atoms with E-state index in [4.69, 9.17) is 0 Å². The molecule has 1 aliphatic carbocycles. The molecule has 0 aromatic heterocycles. The number of likely N-dealkylation sites (tertiary alicyclic amines) is 1. The molecule has 19 heavy (non-hydrogen) atoms. The van der Waals surface area contributed by atoms with Crippen LogP contribution in [0.5, 0.6) is 0 Å². The van der Waals surface area contributed by atoms with E-state index >= 15 is 0 Å². The van der Waals surface area contributed by atoms with Crippen molar-refractivity contribution in [2.45, 2.75) is 63.7 Å². The molecule has 112 valence electrons. The molecule has 3 unspecified atom stereocenters. The Bertz CT molecular complexity index is 274. The van der Waals surface area contributed by atoms with Gasteiger partial charge < -0.3 is 5.32 Å². The van der Waals surface area contributed by atoms with Gasteiger partial charge in [-0.1, -0.05) is 12.8 Å². The number of hydrogen-bond donors (Lipinski definition) is 1. The summed E-state index contributed by atoms with van der Waals surface area (Å²) in [5.74, 6) is -1.15. The Balaban J connectivity index is 1.82. The molecule has 1 aliphatic heterocycles. The summed E-state index contributed by atoms with van der Waals surface area (Å²) in [6, 6.07) is -0.0305. The van der Waals surface area contributed by atoms with E-state index < -0.39 is 12.1 Å². The topological polar surface area (TPSA) is 15.3 Å². The lowest BCUT2D eigenvalue weighted by molar-refractivity contribution is -0.189. The predicted octanol–water partition coefficient (Wildman–Crippen LogP) is 3.18. The highest BCUT2D eigenvalue weighted by molar-refractivity contribution is 4.87. The monoisotopic (exact) mass is 278 g/mol. The minimum Gasteiger partial charge on any atom is -0.312 e. The smallest absolute Gasteiger partial charge is 0.312 e. The van der Waals surface area contributed by atoms with E-state index in [1.807, 2.05) is 0 Å². The van der Waals surface area contributed by atoms with Gasteiger partial charge in [-0.25, -0.2) is 0 Å². The molecule has 2 aliphatic rings. The highest BCUT2D eigenvalue weighted by Crippen LogP contribution is 2.37. The Kier molecular flexibility index (Phi) is 5.12. The number of nitrogens with one attached hydrogen (secondary N) is 1. The second-order valence-corrected chi connectivity index (χ2v) is 6.04. The van der Waals surface area contributed by atoms with Crippen LogP contribution < -0.4 is 5.32 Å². The summed E-state index contributed by atoms with van der Waals surface area (Å²) in [5, 5.41) is 3.19. The summed E-state index contributed by atoms with van der Waals surface area (Å²) >= 11 is 0. The van der Waals surface area contributed by atoms with Gasteiger partial charge in [0.05, 0.1) is 5.92 Å². The van der Waals surface area contributed by atoms with Crippen molar-refractivity contribution in [2.24, 2.45) is 5.92 Å². The van der Waals surface area contributed by atoms with E-state index in [2.05, 4.69) is 17.1 Å². The zero-order valence-corrected chi connectivity index (χ0v) is 11.7. The van der Waals surface area contributed by atoms with Crippen molar-refractivity contribution >= 4 is 0 Å². The average molecular weight is 278 g/mol. The van der Waals surface area contributed by atoms with Crippen molar-refractivity contribution in [1.82, 2.24) is 10.2 Å². The van der Waals surface area contributed by atoms with Crippen LogP contribution in [0.25, 0.3) is 0 Å². The van der Waals surface area contributed by atoms with Crippen LogP contribution in [0.4, 0.5) is 13.2 Å². The molecule has 0 amide bonds. The predicted molar refractivity (Wildman–Crippen MR) is 70.1 cm³/mol. The highest BCUT2D eigenvalue weighted by atomic mass is 19.4. The van der Waals surface area contributed by atoms with E-state index in [0.29, 0.717) is 31.8 Å². The maximum absolute atomic E-state index is 13.0. The van der Waals surface area contributed by atoms with Crippen LogP contribution in [0.1, 0.15) is 45.4 Å². The van der Waals surface area contributed by atoms with Gasteiger partial charge >= 0.3 is 6.18 Å². The van der Waals surface area contributed by atoms with Crippen molar-refractivity contribution in [3.63, 3.8) is 0 Å². The van der Waals surface area contributed by atoms with E-state index in [9.17, 15) is 13.2 Å². The lowest BCUT2D eigenvalue weighted by Crippen LogP contribution is -2.49. The third-order valence-corrected chi connectivity index (χ3v) is 4.63. The molecular formula is C14H25F3N2. The van der Waals surface area contributed by atoms with Gasteiger partial charge in [0, 0.05) is 18.6 Å². The summed E-state index contributed by atoms with van der Waals surface area (Å²) in [5.41, 5.74) is 0. The van der Waals surface area contributed by atoms with Crippen molar-refractivity contribution in [2.75, 3.05) is 19.6 Å². The first-order valence-electron chi connectivity index (χ1n) is 7.52. The van der Waals surface area contributed by atoms with Crippen LogP contribution in [0, 0.1) is 5.92 Å². The molecule has 1 N–H and O–H groups in total. The fraction of sp³-hybridized carbons (Fsp3) is 1.00. The van der Waals surface area contributed by atoms with Gasteiger partial charge in [-0.3, -0.25) is 4.90 Å². The Hall–Kier alpha value is -0.290. The molecule has 1 saturated carbocycles. The first kappa shape index (κ1) is 15.1. The second-order valence-electron chi connectivity index (χ2n) is 6.04. The van der Waals surface area contributed by atoms with Crippen molar-refractivity contribution in [1.29, 1.82) is 0 Å². The minimum absolute atomic E-state index is 0.291. The fourth-order valence-electron chi connectivity index (χ4n) is 3.40. The zero-order valence-electron chi connectivity index (χ0n) is 11.7. The van der Waals surface area contributed by atoms with Gasteiger partial charge in [-0.15, -0.1) is 0 Å². The Morgan fingerprint density at radius 1 is 1.11 bits per heavy atom. The van der Waals surface area contributed by atoms with E-state index in [-0.39, 0.29) is 6.04 Å². The van der Waals surface area contributed by atoms with Gasteiger partial charge in [-0.05, 0) is 45.7 Å².